The Hall–Kier alpha value is -0.475. The number of hydrogen-bond acceptors (Lipinski definition) is 3. The summed E-state index contributed by atoms with van der Waals surface area (Å²) in [6, 6.07) is 0. The Morgan fingerprint density at radius 3 is 2.30 bits per heavy atom. The highest BCUT2D eigenvalue weighted by Crippen LogP contribution is 1.90. The van der Waals surface area contributed by atoms with E-state index in [0.717, 1.165) is 5.60 Å². The normalized spacial score (nSPS) is 14.7. The SMILES string of the molecule is CC=C(NC(C)N)B(C)N. The second-order valence-electron chi connectivity index (χ2n) is 2.47. The lowest BCUT2D eigenvalue weighted by Crippen LogP contribution is -2.41. The van der Waals surface area contributed by atoms with Crippen molar-refractivity contribution in [3.8, 4) is 0 Å². The molecule has 1 unspecified atom stereocenters. The molecule has 0 saturated heterocycles. The summed E-state index contributed by atoms with van der Waals surface area (Å²) < 4.78 is 0. The minimum absolute atomic E-state index is 0.0304. The van der Waals surface area contributed by atoms with Crippen LogP contribution < -0.4 is 16.7 Å². The first-order valence-electron chi connectivity index (χ1n) is 3.51. The van der Waals surface area contributed by atoms with Crippen molar-refractivity contribution >= 4 is 6.85 Å². The zero-order valence-corrected chi connectivity index (χ0v) is 6.89. The van der Waals surface area contributed by atoms with Crippen LogP contribution in [0, 0.1) is 0 Å². The molecule has 3 nitrogen and oxygen atoms in total. The first-order valence-corrected chi connectivity index (χ1v) is 3.51. The van der Waals surface area contributed by atoms with Crippen molar-refractivity contribution < 1.29 is 0 Å². The van der Waals surface area contributed by atoms with Crippen molar-refractivity contribution in [2.75, 3.05) is 0 Å². The molecule has 0 aliphatic heterocycles. The second kappa shape index (κ2) is 4.36. The molecule has 4 heteroatoms. The third-order valence-corrected chi connectivity index (χ3v) is 1.20. The molecule has 0 rings (SSSR count). The molecule has 0 saturated carbocycles. The maximum Gasteiger partial charge on any atom is 0.267 e. The van der Waals surface area contributed by atoms with Crippen LogP contribution in [0.1, 0.15) is 13.8 Å². The van der Waals surface area contributed by atoms with E-state index in [9.17, 15) is 0 Å². The highest BCUT2D eigenvalue weighted by atomic mass is 15.0. The fourth-order valence-electron chi connectivity index (χ4n) is 0.741. The Morgan fingerprint density at radius 1 is 1.70 bits per heavy atom. The molecule has 0 aliphatic rings. The number of nitrogens with one attached hydrogen (secondary N) is 1. The first-order chi connectivity index (χ1) is 4.57. The summed E-state index contributed by atoms with van der Waals surface area (Å²) in [6.45, 7) is 5.78. The summed E-state index contributed by atoms with van der Waals surface area (Å²) in [5.41, 5.74) is 12.1. The van der Waals surface area contributed by atoms with Gasteiger partial charge in [-0.25, -0.2) is 0 Å². The molecular weight excluding hydrogens is 125 g/mol. The van der Waals surface area contributed by atoms with Crippen LogP contribution in [-0.2, 0) is 0 Å². The van der Waals surface area contributed by atoms with Crippen molar-refractivity contribution in [3.05, 3.63) is 11.7 Å². The molecule has 0 aromatic carbocycles. The van der Waals surface area contributed by atoms with Crippen LogP contribution in [0.3, 0.4) is 0 Å². The van der Waals surface area contributed by atoms with Gasteiger partial charge in [-0.3, -0.25) is 0 Å². The zero-order chi connectivity index (χ0) is 8.15. The van der Waals surface area contributed by atoms with E-state index < -0.39 is 0 Å². The minimum Gasteiger partial charge on any atom is -0.380 e. The molecule has 0 aliphatic carbocycles. The molecule has 1 atom stereocenters. The smallest absolute Gasteiger partial charge is 0.267 e. The van der Waals surface area contributed by atoms with Crippen LogP contribution in [0.25, 0.3) is 0 Å². The predicted octanol–water partition coefficient (Wildman–Crippen LogP) is -0.0963. The lowest BCUT2D eigenvalue weighted by molar-refractivity contribution is 0.657. The van der Waals surface area contributed by atoms with Gasteiger partial charge in [0.2, 0.25) is 0 Å². The van der Waals surface area contributed by atoms with Gasteiger partial charge in [-0.1, -0.05) is 12.9 Å². The monoisotopic (exact) mass is 141 g/mol. The largest absolute Gasteiger partial charge is 0.380 e. The summed E-state index contributed by atoms with van der Waals surface area (Å²) >= 11 is 0. The Balaban J connectivity index is 3.86. The van der Waals surface area contributed by atoms with Gasteiger partial charge in [0.05, 0.1) is 6.17 Å². The van der Waals surface area contributed by atoms with Crippen molar-refractivity contribution in [2.24, 2.45) is 11.4 Å². The lowest BCUT2D eigenvalue weighted by atomic mass is 9.63. The highest BCUT2D eigenvalue weighted by Gasteiger charge is 2.06. The number of rotatable bonds is 3. The fraction of sp³-hybridized carbons (Fsp3) is 0.667. The molecule has 5 N–H and O–H groups in total. The quantitative estimate of drug-likeness (QED) is 0.380. The topological polar surface area (TPSA) is 64.1 Å². The van der Waals surface area contributed by atoms with Gasteiger partial charge in [-0.2, -0.15) is 0 Å². The van der Waals surface area contributed by atoms with Gasteiger partial charge >= 0.3 is 0 Å². The summed E-state index contributed by atoms with van der Waals surface area (Å²) in [5, 5.41) is 3.04. The third kappa shape index (κ3) is 3.53. The molecular formula is C6H16BN3. The van der Waals surface area contributed by atoms with Gasteiger partial charge in [-0.15, -0.1) is 0 Å². The van der Waals surface area contributed by atoms with Gasteiger partial charge in [0.15, 0.2) is 0 Å². The third-order valence-electron chi connectivity index (χ3n) is 1.20. The molecule has 58 valence electrons. The first kappa shape index (κ1) is 9.52. The molecule has 0 bridgehead atoms. The van der Waals surface area contributed by atoms with E-state index in [1.54, 1.807) is 0 Å². The average molecular weight is 141 g/mol. The number of hydrogen-bond donors (Lipinski definition) is 3. The van der Waals surface area contributed by atoms with E-state index in [0.29, 0.717) is 0 Å². The lowest BCUT2D eigenvalue weighted by Gasteiger charge is -2.14. The molecule has 0 radical (unpaired) electrons. The number of allylic oxidation sites excluding steroid dienone is 1. The molecule has 0 aromatic heterocycles. The summed E-state index contributed by atoms with van der Waals surface area (Å²) in [7, 11) is 0. The molecule has 0 amide bonds. The van der Waals surface area contributed by atoms with Gasteiger partial charge < -0.3 is 16.7 Å². The maximum absolute atomic E-state index is 5.61. The van der Waals surface area contributed by atoms with E-state index in [2.05, 4.69) is 5.32 Å². The summed E-state index contributed by atoms with van der Waals surface area (Å²) in [5.74, 6) is 0. The van der Waals surface area contributed by atoms with Crippen molar-refractivity contribution in [1.82, 2.24) is 5.32 Å². The van der Waals surface area contributed by atoms with Crippen LogP contribution in [0.2, 0.25) is 6.82 Å². The van der Waals surface area contributed by atoms with E-state index in [-0.39, 0.29) is 13.0 Å². The summed E-state index contributed by atoms with van der Waals surface area (Å²) in [4.78, 5) is 0. The van der Waals surface area contributed by atoms with Gasteiger partial charge in [0.25, 0.3) is 6.85 Å². The van der Waals surface area contributed by atoms with Crippen molar-refractivity contribution in [2.45, 2.75) is 26.8 Å². The average Bonchev–Trinajstić information content (AvgIpc) is 1.81. The van der Waals surface area contributed by atoms with Crippen LogP contribution >= 0.6 is 0 Å². The molecule has 0 spiro atoms. The molecule has 0 fully saturated rings. The summed E-state index contributed by atoms with van der Waals surface area (Å²) in [6.07, 6.45) is 1.91. The van der Waals surface area contributed by atoms with Gasteiger partial charge in [0, 0.05) is 0 Å². The van der Waals surface area contributed by atoms with Crippen LogP contribution in [-0.4, -0.2) is 13.0 Å². The van der Waals surface area contributed by atoms with E-state index in [1.807, 2.05) is 26.7 Å². The Bertz CT molecular complexity index is 120. The van der Waals surface area contributed by atoms with Gasteiger partial charge in [-0.05, 0) is 19.4 Å². The zero-order valence-electron chi connectivity index (χ0n) is 6.89. The Morgan fingerprint density at radius 2 is 2.20 bits per heavy atom. The minimum atomic E-state index is -0.0304. The van der Waals surface area contributed by atoms with Crippen LogP contribution in [0.15, 0.2) is 11.7 Å². The second-order valence-corrected chi connectivity index (χ2v) is 2.47. The number of nitrogens with two attached hydrogens (primary N) is 2. The van der Waals surface area contributed by atoms with Crippen molar-refractivity contribution in [3.63, 3.8) is 0 Å². The standard InChI is InChI=1S/C6H16BN3/c1-4-6(7(3)9)10-5(2)8/h4-5,10H,8-9H2,1-3H3. The maximum atomic E-state index is 5.61. The van der Waals surface area contributed by atoms with E-state index in [1.165, 1.54) is 0 Å². The Labute approximate surface area is 62.9 Å². The fourth-order valence-corrected chi connectivity index (χ4v) is 0.741. The molecule has 0 heterocycles. The van der Waals surface area contributed by atoms with E-state index >= 15 is 0 Å². The Kier molecular flexibility index (Phi) is 4.15. The van der Waals surface area contributed by atoms with Crippen LogP contribution in [0.4, 0.5) is 0 Å². The van der Waals surface area contributed by atoms with E-state index in [4.69, 9.17) is 11.4 Å². The van der Waals surface area contributed by atoms with Crippen LogP contribution in [0.5, 0.6) is 0 Å². The predicted molar refractivity (Wildman–Crippen MR) is 46.3 cm³/mol. The highest BCUT2D eigenvalue weighted by molar-refractivity contribution is 6.61. The molecule has 0 aromatic rings. The molecule has 10 heavy (non-hydrogen) atoms. The van der Waals surface area contributed by atoms with Gasteiger partial charge in [0.1, 0.15) is 0 Å². The van der Waals surface area contributed by atoms with Crippen molar-refractivity contribution in [1.29, 1.82) is 0 Å².